The lowest BCUT2D eigenvalue weighted by Crippen LogP contribution is -2.29. The molecule has 3 N–H and O–H groups in total. The third-order valence-corrected chi connectivity index (χ3v) is 4.79. The number of amides is 2. The van der Waals surface area contributed by atoms with Crippen molar-refractivity contribution in [2.75, 3.05) is 11.9 Å². The summed E-state index contributed by atoms with van der Waals surface area (Å²) in [6.45, 7) is 1.43. The smallest absolute Gasteiger partial charge is 0.248 e. The number of nitrogens with one attached hydrogen (secondary N) is 1. The Morgan fingerprint density at radius 2 is 1.81 bits per heavy atom. The van der Waals surface area contributed by atoms with Gasteiger partial charge in [0.2, 0.25) is 11.8 Å². The largest absolute Gasteiger partial charge is 0.366 e. The lowest BCUT2D eigenvalue weighted by molar-refractivity contribution is -0.116. The number of para-hydroxylation sites is 1. The summed E-state index contributed by atoms with van der Waals surface area (Å²) in [7, 11) is 0. The number of nitrogens with zero attached hydrogens (tertiary/aromatic N) is 1. The Balaban J connectivity index is 1.54. The molecule has 3 rings (SSSR count). The normalized spacial score (nSPS) is 13.6. The SMILES string of the molecule is NC(=O)c1ccc(CN(CCC(=O)Nc2ccccc2Cl)C2CC2)cc1. The number of hydrogen-bond donors (Lipinski definition) is 2. The molecule has 0 unspecified atom stereocenters. The zero-order chi connectivity index (χ0) is 18.5. The molecule has 0 aromatic heterocycles. The molecule has 136 valence electrons. The van der Waals surface area contributed by atoms with Gasteiger partial charge in [-0.3, -0.25) is 14.5 Å². The van der Waals surface area contributed by atoms with Gasteiger partial charge in [-0.25, -0.2) is 0 Å². The van der Waals surface area contributed by atoms with E-state index in [-0.39, 0.29) is 5.91 Å². The van der Waals surface area contributed by atoms with E-state index in [4.69, 9.17) is 17.3 Å². The van der Waals surface area contributed by atoms with E-state index in [1.807, 2.05) is 24.3 Å². The fourth-order valence-electron chi connectivity index (χ4n) is 2.86. The van der Waals surface area contributed by atoms with Gasteiger partial charge in [0.15, 0.2) is 0 Å². The van der Waals surface area contributed by atoms with Gasteiger partial charge < -0.3 is 11.1 Å². The highest BCUT2D eigenvalue weighted by Gasteiger charge is 2.29. The quantitative estimate of drug-likeness (QED) is 0.746. The summed E-state index contributed by atoms with van der Waals surface area (Å²) < 4.78 is 0. The highest BCUT2D eigenvalue weighted by Crippen LogP contribution is 2.28. The fraction of sp³-hybridized carbons (Fsp3) is 0.300. The van der Waals surface area contributed by atoms with E-state index < -0.39 is 5.91 Å². The molecular formula is C20H22ClN3O2. The monoisotopic (exact) mass is 371 g/mol. The van der Waals surface area contributed by atoms with Gasteiger partial charge >= 0.3 is 0 Å². The van der Waals surface area contributed by atoms with Crippen LogP contribution in [0.3, 0.4) is 0 Å². The summed E-state index contributed by atoms with van der Waals surface area (Å²) >= 11 is 6.08. The van der Waals surface area contributed by atoms with Crippen molar-refractivity contribution in [1.29, 1.82) is 0 Å². The molecule has 0 bridgehead atoms. The highest BCUT2D eigenvalue weighted by atomic mass is 35.5. The van der Waals surface area contributed by atoms with Gasteiger partial charge in [-0.1, -0.05) is 35.9 Å². The van der Waals surface area contributed by atoms with Crippen LogP contribution in [0.15, 0.2) is 48.5 Å². The minimum absolute atomic E-state index is 0.0483. The predicted molar refractivity (Wildman–Crippen MR) is 103 cm³/mol. The van der Waals surface area contributed by atoms with E-state index in [2.05, 4.69) is 10.2 Å². The Bertz CT molecular complexity index is 788. The van der Waals surface area contributed by atoms with E-state index in [9.17, 15) is 9.59 Å². The van der Waals surface area contributed by atoms with Crippen molar-refractivity contribution in [2.45, 2.75) is 31.8 Å². The number of anilines is 1. The maximum Gasteiger partial charge on any atom is 0.248 e. The van der Waals surface area contributed by atoms with Crippen LogP contribution in [-0.4, -0.2) is 29.3 Å². The molecule has 5 nitrogen and oxygen atoms in total. The number of rotatable bonds is 8. The highest BCUT2D eigenvalue weighted by molar-refractivity contribution is 6.33. The maximum atomic E-state index is 12.2. The van der Waals surface area contributed by atoms with Crippen molar-refractivity contribution in [3.05, 3.63) is 64.7 Å². The molecule has 1 fully saturated rings. The van der Waals surface area contributed by atoms with Gasteiger partial charge in [0.05, 0.1) is 10.7 Å². The Morgan fingerprint density at radius 3 is 2.42 bits per heavy atom. The van der Waals surface area contributed by atoms with Crippen molar-refractivity contribution >= 4 is 29.1 Å². The molecule has 0 heterocycles. The Labute approximate surface area is 158 Å². The fourth-order valence-corrected chi connectivity index (χ4v) is 3.04. The van der Waals surface area contributed by atoms with Crippen molar-refractivity contribution < 1.29 is 9.59 Å². The summed E-state index contributed by atoms with van der Waals surface area (Å²) in [5.41, 5.74) is 7.52. The molecular weight excluding hydrogens is 350 g/mol. The molecule has 1 saturated carbocycles. The van der Waals surface area contributed by atoms with Crippen molar-refractivity contribution in [3.8, 4) is 0 Å². The van der Waals surface area contributed by atoms with Gasteiger partial charge in [0.1, 0.15) is 0 Å². The average Bonchev–Trinajstić information content (AvgIpc) is 3.46. The van der Waals surface area contributed by atoms with Crippen LogP contribution in [0.4, 0.5) is 5.69 Å². The van der Waals surface area contributed by atoms with Crippen LogP contribution in [0.5, 0.6) is 0 Å². The van der Waals surface area contributed by atoms with Crippen LogP contribution < -0.4 is 11.1 Å². The lowest BCUT2D eigenvalue weighted by atomic mass is 10.1. The van der Waals surface area contributed by atoms with Crippen molar-refractivity contribution in [3.63, 3.8) is 0 Å². The number of primary amides is 1. The number of benzene rings is 2. The van der Waals surface area contributed by atoms with Crippen LogP contribution in [-0.2, 0) is 11.3 Å². The standard InChI is InChI=1S/C20H22ClN3O2/c21-17-3-1-2-4-18(17)23-19(25)11-12-24(16-9-10-16)13-14-5-7-15(8-6-14)20(22)26/h1-8,16H,9-13H2,(H2,22,26)(H,23,25). The van der Waals surface area contributed by atoms with E-state index in [0.29, 0.717) is 35.3 Å². The van der Waals surface area contributed by atoms with Crippen LogP contribution in [0.1, 0.15) is 35.2 Å². The second kappa shape index (κ2) is 8.34. The molecule has 1 aliphatic rings. The van der Waals surface area contributed by atoms with Crippen LogP contribution in [0, 0.1) is 0 Å². The zero-order valence-electron chi connectivity index (χ0n) is 14.5. The summed E-state index contributed by atoms with van der Waals surface area (Å²) in [5, 5.41) is 3.40. The second-order valence-electron chi connectivity index (χ2n) is 6.54. The number of carbonyl (C=O) groups is 2. The molecule has 0 radical (unpaired) electrons. The van der Waals surface area contributed by atoms with Gasteiger partial charge in [-0.2, -0.15) is 0 Å². The molecule has 6 heteroatoms. The molecule has 0 aliphatic heterocycles. The van der Waals surface area contributed by atoms with Gasteiger partial charge in [-0.05, 0) is 42.7 Å². The first-order valence-corrected chi connectivity index (χ1v) is 9.08. The third-order valence-electron chi connectivity index (χ3n) is 4.46. The molecule has 0 saturated heterocycles. The van der Waals surface area contributed by atoms with E-state index in [0.717, 1.165) is 24.9 Å². The lowest BCUT2D eigenvalue weighted by Gasteiger charge is -2.22. The molecule has 1 aliphatic carbocycles. The van der Waals surface area contributed by atoms with Gasteiger partial charge in [-0.15, -0.1) is 0 Å². The summed E-state index contributed by atoms with van der Waals surface area (Å²) in [6, 6.07) is 15.1. The molecule has 2 amide bonds. The topological polar surface area (TPSA) is 75.4 Å². The van der Waals surface area contributed by atoms with Crippen molar-refractivity contribution in [2.24, 2.45) is 5.73 Å². The van der Waals surface area contributed by atoms with Crippen LogP contribution in [0.25, 0.3) is 0 Å². The number of carbonyl (C=O) groups excluding carboxylic acids is 2. The molecule has 2 aromatic rings. The van der Waals surface area contributed by atoms with Crippen LogP contribution >= 0.6 is 11.6 Å². The first kappa shape index (κ1) is 18.4. The minimum atomic E-state index is -0.424. The Morgan fingerprint density at radius 1 is 1.12 bits per heavy atom. The summed E-state index contributed by atoms with van der Waals surface area (Å²) in [5.74, 6) is -0.473. The van der Waals surface area contributed by atoms with E-state index in [1.54, 1.807) is 24.3 Å². The number of hydrogen-bond acceptors (Lipinski definition) is 3. The minimum Gasteiger partial charge on any atom is -0.366 e. The summed E-state index contributed by atoms with van der Waals surface area (Å²) in [4.78, 5) is 25.7. The zero-order valence-corrected chi connectivity index (χ0v) is 15.2. The molecule has 0 spiro atoms. The first-order chi connectivity index (χ1) is 12.5. The number of halogens is 1. The van der Waals surface area contributed by atoms with Crippen molar-refractivity contribution in [1.82, 2.24) is 4.90 Å². The van der Waals surface area contributed by atoms with Gasteiger partial charge in [0, 0.05) is 31.1 Å². The Kier molecular flexibility index (Phi) is 5.91. The number of nitrogens with two attached hydrogens (primary N) is 1. The molecule has 2 aromatic carbocycles. The average molecular weight is 372 g/mol. The van der Waals surface area contributed by atoms with Crippen LogP contribution in [0.2, 0.25) is 5.02 Å². The molecule has 0 atom stereocenters. The van der Waals surface area contributed by atoms with Gasteiger partial charge in [0.25, 0.3) is 0 Å². The molecule has 26 heavy (non-hydrogen) atoms. The Hall–Kier alpha value is -2.37. The summed E-state index contributed by atoms with van der Waals surface area (Å²) in [6.07, 6.45) is 2.72. The van der Waals surface area contributed by atoms with E-state index >= 15 is 0 Å². The second-order valence-corrected chi connectivity index (χ2v) is 6.95. The first-order valence-electron chi connectivity index (χ1n) is 8.70. The van der Waals surface area contributed by atoms with E-state index in [1.165, 1.54) is 0 Å². The maximum absolute atomic E-state index is 12.2. The predicted octanol–water partition coefficient (Wildman–Crippen LogP) is 3.43. The third kappa shape index (κ3) is 5.07.